The Morgan fingerprint density at radius 3 is 2.75 bits per heavy atom. The Labute approximate surface area is 120 Å². The Kier molecular flexibility index (Phi) is 3.60. The second-order valence-corrected chi connectivity index (χ2v) is 8.13. The largest absolute Gasteiger partial charge is 0.396 e. The number of nitrogens with one attached hydrogen (secondary N) is 1. The lowest BCUT2D eigenvalue weighted by Gasteiger charge is -2.28. The van der Waals surface area contributed by atoms with Crippen molar-refractivity contribution in [2.24, 2.45) is 5.41 Å². The monoisotopic (exact) mass is 295 g/mol. The molecule has 2 aliphatic rings. The van der Waals surface area contributed by atoms with Crippen molar-refractivity contribution in [1.82, 2.24) is 5.32 Å². The van der Waals surface area contributed by atoms with Crippen LogP contribution in [0.3, 0.4) is 0 Å². The van der Waals surface area contributed by atoms with Crippen molar-refractivity contribution >= 4 is 9.84 Å². The van der Waals surface area contributed by atoms with E-state index in [2.05, 4.69) is 5.32 Å². The smallest absolute Gasteiger partial charge is 0.178 e. The Balaban J connectivity index is 1.76. The van der Waals surface area contributed by atoms with Gasteiger partial charge in [-0.25, -0.2) is 8.42 Å². The fourth-order valence-corrected chi connectivity index (χ4v) is 4.69. The second-order valence-electron chi connectivity index (χ2n) is 6.05. The number of hydrogen-bond donors (Lipinski definition) is 2. The number of hydrogen-bond acceptors (Lipinski definition) is 4. The van der Waals surface area contributed by atoms with Gasteiger partial charge < -0.3 is 10.4 Å². The molecule has 0 aromatic heterocycles. The zero-order valence-corrected chi connectivity index (χ0v) is 12.3. The van der Waals surface area contributed by atoms with Crippen LogP contribution in [0.25, 0.3) is 0 Å². The first-order valence-electron chi connectivity index (χ1n) is 7.22. The molecule has 0 radical (unpaired) electrons. The highest BCUT2D eigenvalue weighted by atomic mass is 32.2. The Morgan fingerprint density at radius 1 is 1.30 bits per heavy atom. The molecular weight excluding hydrogens is 274 g/mol. The van der Waals surface area contributed by atoms with E-state index >= 15 is 0 Å². The van der Waals surface area contributed by atoms with Gasteiger partial charge in [0, 0.05) is 19.2 Å². The maximum atomic E-state index is 12.1. The molecule has 110 valence electrons. The zero-order valence-electron chi connectivity index (χ0n) is 11.5. The van der Waals surface area contributed by atoms with Crippen molar-refractivity contribution in [3.63, 3.8) is 0 Å². The third kappa shape index (κ3) is 2.62. The molecule has 1 aromatic rings. The van der Waals surface area contributed by atoms with Crippen LogP contribution < -0.4 is 5.32 Å². The number of sulfone groups is 1. The molecule has 1 saturated carbocycles. The molecule has 1 aromatic carbocycles. The fourth-order valence-electron chi connectivity index (χ4n) is 3.07. The molecule has 4 nitrogen and oxygen atoms in total. The summed E-state index contributed by atoms with van der Waals surface area (Å²) in [5.41, 5.74) is 1.15. The Morgan fingerprint density at radius 2 is 2.05 bits per heavy atom. The number of benzene rings is 1. The van der Waals surface area contributed by atoms with Gasteiger partial charge in [-0.15, -0.1) is 0 Å². The third-order valence-electron chi connectivity index (χ3n) is 4.63. The maximum Gasteiger partial charge on any atom is 0.178 e. The van der Waals surface area contributed by atoms with E-state index < -0.39 is 9.84 Å². The van der Waals surface area contributed by atoms with E-state index in [4.69, 9.17) is 5.11 Å². The van der Waals surface area contributed by atoms with Gasteiger partial charge in [0.25, 0.3) is 0 Å². The van der Waals surface area contributed by atoms with E-state index in [-0.39, 0.29) is 23.8 Å². The summed E-state index contributed by atoms with van der Waals surface area (Å²) in [5, 5.41) is 12.6. The lowest BCUT2D eigenvalue weighted by atomic mass is 9.99. The van der Waals surface area contributed by atoms with Crippen LogP contribution in [-0.2, 0) is 9.84 Å². The van der Waals surface area contributed by atoms with Gasteiger partial charge in [-0.05, 0) is 42.7 Å². The van der Waals surface area contributed by atoms with Crippen LogP contribution in [0.1, 0.15) is 37.3 Å². The Hall–Kier alpha value is -0.910. The summed E-state index contributed by atoms with van der Waals surface area (Å²) >= 11 is 0. The lowest BCUT2D eigenvalue weighted by molar-refractivity contribution is 0.241. The predicted molar refractivity (Wildman–Crippen MR) is 77.2 cm³/mol. The van der Waals surface area contributed by atoms with Crippen LogP contribution in [0.5, 0.6) is 0 Å². The van der Waals surface area contributed by atoms with Crippen LogP contribution in [-0.4, -0.2) is 32.4 Å². The van der Waals surface area contributed by atoms with Gasteiger partial charge >= 0.3 is 0 Å². The van der Waals surface area contributed by atoms with Crippen LogP contribution in [0.2, 0.25) is 0 Å². The van der Waals surface area contributed by atoms with Gasteiger partial charge in [0.05, 0.1) is 10.6 Å². The summed E-state index contributed by atoms with van der Waals surface area (Å²) in [6.07, 6.45) is 3.79. The van der Waals surface area contributed by atoms with E-state index in [1.165, 1.54) is 0 Å². The standard InChI is InChI=1S/C15H21NO3S/c17-9-8-15(6-7-15)11-16-13-5-10-20(18,19)14-4-2-1-3-12(13)14/h1-4,13,16-17H,5-11H2. The van der Waals surface area contributed by atoms with Crippen molar-refractivity contribution in [3.8, 4) is 0 Å². The molecule has 0 bridgehead atoms. The fraction of sp³-hybridized carbons (Fsp3) is 0.600. The third-order valence-corrected chi connectivity index (χ3v) is 6.44. The molecule has 1 aliphatic carbocycles. The summed E-state index contributed by atoms with van der Waals surface area (Å²) in [6.45, 7) is 1.10. The number of aliphatic hydroxyl groups excluding tert-OH is 1. The van der Waals surface area contributed by atoms with Crippen LogP contribution in [0, 0.1) is 5.41 Å². The molecule has 0 saturated heterocycles. The zero-order chi connectivity index (χ0) is 14.2. The van der Waals surface area contributed by atoms with E-state index in [1.54, 1.807) is 12.1 Å². The highest BCUT2D eigenvalue weighted by Gasteiger charge is 2.42. The Bertz CT molecular complexity index is 593. The van der Waals surface area contributed by atoms with E-state index in [1.807, 2.05) is 12.1 Å². The molecule has 20 heavy (non-hydrogen) atoms. The normalized spacial score (nSPS) is 25.9. The first kappa shape index (κ1) is 14.0. The molecule has 1 unspecified atom stereocenters. The molecule has 1 atom stereocenters. The quantitative estimate of drug-likeness (QED) is 0.867. The molecule has 2 N–H and O–H groups in total. The van der Waals surface area contributed by atoms with Crippen molar-refractivity contribution in [1.29, 1.82) is 0 Å². The summed E-state index contributed by atoms with van der Waals surface area (Å²) in [5.74, 6) is 0.217. The minimum absolute atomic E-state index is 0.117. The van der Waals surface area contributed by atoms with Gasteiger partial charge in [-0.1, -0.05) is 18.2 Å². The molecule has 1 aliphatic heterocycles. The van der Waals surface area contributed by atoms with Gasteiger partial charge in [-0.2, -0.15) is 0 Å². The average Bonchev–Trinajstić information content (AvgIpc) is 3.19. The van der Waals surface area contributed by atoms with Crippen LogP contribution in [0.15, 0.2) is 29.2 Å². The number of fused-ring (bicyclic) bond motifs is 1. The topological polar surface area (TPSA) is 66.4 Å². The van der Waals surface area contributed by atoms with Gasteiger partial charge in [0.1, 0.15) is 0 Å². The molecule has 1 fully saturated rings. The molecule has 3 rings (SSSR count). The van der Waals surface area contributed by atoms with Gasteiger partial charge in [0.15, 0.2) is 9.84 Å². The van der Waals surface area contributed by atoms with E-state index in [0.717, 1.165) is 31.4 Å². The van der Waals surface area contributed by atoms with Crippen molar-refractivity contribution in [2.75, 3.05) is 18.9 Å². The molecule has 1 heterocycles. The maximum absolute atomic E-state index is 12.1. The number of aliphatic hydroxyl groups is 1. The summed E-state index contributed by atoms with van der Waals surface area (Å²) in [6, 6.07) is 7.42. The lowest BCUT2D eigenvalue weighted by Crippen LogP contribution is -2.33. The predicted octanol–water partition coefficient (Wildman–Crippen LogP) is 1.66. The van der Waals surface area contributed by atoms with Crippen molar-refractivity contribution in [3.05, 3.63) is 29.8 Å². The summed E-state index contributed by atoms with van der Waals surface area (Å²) in [7, 11) is -3.10. The van der Waals surface area contributed by atoms with Crippen LogP contribution in [0.4, 0.5) is 0 Å². The van der Waals surface area contributed by atoms with Crippen LogP contribution >= 0.6 is 0 Å². The van der Waals surface area contributed by atoms with Gasteiger partial charge in [0.2, 0.25) is 0 Å². The summed E-state index contributed by atoms with van der Waals surface area (Å²) in [4.78, 5) is 0.482. The minimum Gasteiger partial charge on any atom is -0.396 e. The molecule has 5 heteroatoms. The first-order valence-corrected chi connectivity index (χ1v) is 8.88. The highest BCUT2D eigenvalue weighted by molar-refractivity contribution is 7.91. The molecular formula is C15H21NO3S. The first-order chi connectivity index (χ1) is 9.56. The molecule has 0 amide bonds. The average molecular weight is 295 g/mol. The minimum atomic E-state index is -3.10. The SMILES string of the molecule is O=S1(=O)CCC(NCC2(CCO)CC2)c2ccccc21. The summed E-state index contributed by atoms with van der Waals surface area (Å²) < 4.78 is 24.1. The highest BCUT2D eigenvalue weighted by Crippen LogP contribution is 2.48. The van der Waals surface area contributed by atoms with E-state index in [9.17, 15) is 8.42 Å². The van der Waals surface area contributed by atoms with Crippen molar-refractivity contribution in [2.45, 2.75) is 36.6 Å². The molecule has 0 spiro atoms. The van der Waals surface area contributed by atoms with E-state index in [0.29, 0.717) is 11.3 Å². The second kappa shape index (κ2) is 5.13. The van der Waals surface area contributed by atoms with Gasteiger partial charge in [-0.3, -0.25) is 0 Å². The van der Waals surface area contributed by atoms with Crippen molar-refractivity contribution < 1.29 is 13.5 Å². The number of rotatable bonds is 5.